The molecule has 3 heteroatoms. The van der Waals surface area contributed by atoms with Gasteiger partial charge in [-0.2, -0.15) is 0 Å². The van der Waals surface area contributed by atoms with Crippen LogP contribution >= 0.6 is 11.3 Å². The van der Waals surface area contributed by atoms with Crippen molar-refractivity contribution >= 4 is 32.5 Å². The number of benzene rings is 1. The van der Waals surface area contributed by atoms with Crippen molar-refractivity contribution in [3.63, 3.8) is 0 Å². The predicted molar refractivity (Wildman–Crippen MR) is 56.2 cm³/mol. The Morgan fingerprint density at radius 3 is 3.23 bits per heavy atom. The summed E-state index contributed by atoms with van der Waals surface area (Å²) in [6.07, 6.45) is 1.75. The minimum absolute atomic E-state index is 1.09. The van der Waals surface area contributed by atoms with Gasteiger partial charge >= 0.3 is 0 Å². The number of rotatable bonds is 0. The van der Waals surface area contributed by atoms with Gasteiger partial charge in [-0.05, 0) is 30.0 Å². The molecule has 1 aromatic carbocycles. The lowest BCUT2D eigenvalue weighted by molar-refractivity contribution is 1.35. The fraction of sp³-hybridized carbons (Fsp3) is 0.100. The van der Waals surface area contributed by atoms with E-state index in [1.165, 1.54) is 15.6 Å². The second-order valence-electron chi connectivity index (χ2n) is 3.16. The van der Waals surface area contributed by atoms with Crippen molar-refractivity contribution in [3.05, 3.63) is 29.4 Å². The lowest BCUT2D eigenvalue weighted by Gasteiger charge is -1.92. The van der Waals surface area contributed by atoms with Crippen LogP contribution in [0.25, 0.3) is 21.1 Å². The van der Waals surface area contributed by atoms with Gasteiger partial charge in [-0.1, -0.05) is 0 Å². The zero-order valence-corrected chi connectivity index (χ0v) is 7.98. The molecule has 0 atom stereocenters. The summed E-state index contributed by atoms with van der Waals surface area (Å²) in [4.78, 5) is 7.45. The Morgan fingerprint density at radius 2 is 2.31 bits per heavy atom. The van der Waals surface area contributed by atoms with Gasteiger partial charge in [0.1, 0.15) is 0 Å². The fourth-order valence-electron chi connectivity index (χ4n) is 1.68. The summed E-state index contributed by atoms with van der Waals surface area (Å²) < 4.78 is 1.32. The topological polar surface area (TPSA) is 28.7 Å². The highest BCUT2D eigenvalue weighted by Crippen LogP contribution is 2.30. The normalized spacial score (nSPS) is 11.5. The number of H-pyrrole nitrogens is 1. The van der Waals surface area contributed by atoms with E-state index in [1.54, 1.807) is 17.7 Å². The van der Waals surface area contributed by atoms with Crippen molar-refractivity contribution in [1.82, 2.24) is 9.97 Å². The zero-order chi connectivity index (χ0) is 8.84. The molecular formula is C10H8N2S. The predicted octanol–water partition coefficient (Wildman–Crippen LogP) is 3.09. The third kappa shape index (κ3) is 0.848. The van der Waals surface area contributed by atoms with Crippen molar-refractivity contribution in [2.45, 2.75) is 6.92 Å². The van der Waals surface area contributed by atoms with Gasteiger partial charge in [0, 0.05) is 10.1 Å². The molecule has 64 valence electrons. The number of nitrogens with zero attached hydrogens (tertiary/aromatic N) is 1. The van der Waals surface area contributed by atoms with Gasteiger partial charge in [-0.3, -0.25) is 0 Å². The summed E-state index contributed by atoms with van der Waals surface area (Å²) in [5.74, 6) is 0. The number of hydrogen-bond acceptors (Lipinski definition) is 2. The number of thiophene rings is 1. The first-order valence-corrected chi connectivity index (χ1v) is 5.04. The number of fused-ring (bicyclic) bond motifs is 3. The molecule has 0 aliphatic carbocycles. The zero-order valence-electron chi connectivity index (χ0n) is 7.16. The average Bonchev–Trinajstić information content (AvgIpc) is 2.70. The van der Waals surface area contributed by atoms with Crippen LogP contribution in [0.1, 0.15) is 5.56 Å². The molecule has 0 aliphatic rings. The first kappa shape index (κ1) is 7.09. The minimum Gasteiger partial charge on any atom is -0.345 e. The van der Waals surface area contributed by atoms with Crippen LogP contribution in [0.15, 0.2) is 23.8 Å². The van der Waals surface area contributed by atoms with Gasteiger partial charge in [0.15, 0.2) is 0 Å². The van der Waals surface area contributed by atoms with Gasteiger partial charge in [0.2, 0.25) is 0 Å². The quantitative estimate of drug-likeness (QED) is 0.577. The molecule has 0 aliphatic heterocycles. The molecule has 0 radical (unpaired) electrons. The molecule has 2 heterocycles. The number of nitrogens with one attached hydrogen (secondary N) is 1. The van der Waals surface area contributed by atoms with Crippen LogP contribution in [0.5, 0.6) is 0 Å². The maximum Gasteiger partial charge on any atom is 0.0971 e. The molecule has 2 nitrogen and oxygen atoms in total. The van der Waals surface area contributed by atoms with Crippen LogP contribution in [0.4, 0.5) is 0 Å². The lowest BCUT2D eigenvalue weighted by atomic mass is 10.1. The van der Waals surface area contributed by atoms with Crippen molar-refractivity contribution in [3.8, 4) is 0 Å². The molecule has 0 unspecified atom stereocenters. The van der Waals surface area contributed by atoms with Gasteiger partial charge in [-0.15, -0.1) is 11.3 Å². The minimum atomic E-state index is 1.09. The van der Waals surface area contributed by atoms with E-state index in [4.69, 9.17) is 0 Å². The first-order chi connectivity index (χ1) is 6.36. The van der Waals surface area contributed by atoms with Crippen LogP contribution in [0.2, 0.25) is 0 Å². The maximum atomic E-state index is 4.33. The van der Waals surface area contributed by atoms with Crippen molar-refractivity contribution in [1.29, 1.82) is 0 Å². The van der Waals surface area contributed by atoms with Crippen LogP contribution in [0.3, 0.4) is 0 Å². The van der Waals surface area contributed by atoms with E-state index in [9.17, 15) is 0 Å². The molecule has 0 amide bonds. The number of aromatic amines is 1. The van der Waals surface area contributed by atoms with E-state index in [1.807, 2.05) is 0 Å². The van der Waals surface area contributed by atoms with Crippen LogP contribution in [-0.4, -0.2) is 9.97 Å². The van der Waals surface area contributed by atoms with Crippen LogP contribution < -0.4 is 0 Å². The Bertz CT molecular complexity index is 577. The van der Waals surface area contributed by atoms with Crippen molar-refractivity contribution in [2.24, 2.45) is 0 Å². The maximum absolute atomic E-state index is 4.33. The molecule has 0 bridgehead atoms. The summed E-state index contributed by atoms with van der Waals surface area (Å²) >= 11 is 1.78. The summed E-state index contributed by atoms with van der Waals surface area (Å²) in [5, 5.41) is 3.47. The number of aromatic nitrogens is 2. The standard InChI is InChI=1S/C10H8N2S/c1-6-4-13-8-3-2-7-10(9(6)8)12-5-11-7/h2-5H,1H3,(H,11,12). The van der Waals surface area contributed by atoms with Crippen molar-refractivity contribution in [2.75, 3.05) is 0 Å². The highest BCUT2D eigenvalue weighted by Gasteiger charge is 2.06. The van der Waals surface area contributed by atoms with Gasteiger partial charge < -0.3 is 4.98 Å². The van der Waals surface area contributed by atoms with Gasteiger partial charge in [0.05, 0.1) is 17.4 Å². The molecule has 3 aromatic rings. The Labute approximate surface area is 79.2 Å². The molecule has 1 N–H and O–H groups in total. The van der Waals surface area contributed by atoms with Gasteiger partial charge in [-0.25, -0.2) is 4.98 Å². The highest BCUT2D eigenvalue weighted by atomic mass is 32.1. The number of hydrogen-bond donors (Lipinski definition) is 1. The smallest absolute Gasteiger partial charge is 0.0971 e. The first-order valence-electron chi connectivity index (χ1n) is 4.16. The molecule has 0 fully saturated rings. The Morgan fingerprint density at radius 1 is 1.38 bits per heavy atom. The Hall–Kier alpha value is -1.35. The Balaban J connectivity index is 2.70. The third-order valence-corrected chi connectivity index (χ3v) is 3.38. The molecule has 0 saturated carbocycles. The summed E-state index contributed by atoms with van der Waals surface area (Å²) in [6, 6.07) is 4.23. The van der Waals surface area contributed by atoms with E-state index in [0.717, 1.165) is 11.0 Å². The molecule has 13 heavy (non-hydrogen) atoms. The molecular weight excluding hydrogens is 180 g/mol. The third-order valence-electron chi connectivity index (χ3n) is 2.31. The second-order valence-corrected chi connectivity index (χ2v) is 4.07. The Kier molecular flexibility index (Phi) is 1.27. The summed E-state index contributed by atoms with van der Waals surface area (Å²) in [6.45, 7) is 2.13. The molecule has 0 spiro atoms. The summed E-state index contributed by atoms with van der Waals surface area (Å²) in [5.41, 5.74) is 3.53. The van der Waals surface area contributed by atoms with Crippen LogP contribution in [-0.2, 0) is 0 Å². The SMILES string of the molecule is Cc1csc2ccc3[nH]cnc3c12. The second kappa shape index (κ2) is 2.33. The monoisotopic (exact) mass is 188 g/mol. The van der Waals surface area contributed by atoms with E-state index in [-0.39, 0.29) is 0 Å². The van der Waals surface area contributed by atoms with Gasteiger partial charge in [0.25, 0.3) is 0 Å². The van der Waals surface area contributed by atoms with E-state index < -0.39 is 0 Å². The lowest BCUT2D eigenvalue weighted by Crippen LogP contribution is -1.72. The van der Waals surface area contributed by atoms with E-state index in [0.29, 0.717) is 0 Å². The average molecular weight is 188 g/mol. The van der Waals surface area contributed by atoms with E-state index in [2.05, 4.69) is 34.4 Å². The fourth-order valence-corrected chi connectivity index (χ4v) is 2.62. The summed E-state index contributed by atoms with van der Waals surface area (Å²) in [7, 11) is 0. The molecule has 0 saturated heterocycles. The van der Waals surface area contributed by atoms with E-state index >= 15 is 0 Å². The molecule has 3 rings (SSSR count). The highest BCUT2D eigenvalue weighted by molar-refractivity contribution is 7.17. The van der Waals surface area contributed by atoms with Crippen molar-refractivity contribution < 1.29 is 0 Å². The number of aryl methyl sites for hydroxylation is 1. The number of imidazole rings is 1. The largest absolute Gasteiger partial charge is 0.345 e. The molecule has 2 aromatic heterocycles. The van der Waals surface area contributed by atoms with Crippen LogP contribution in [0, 0.1) is 6.92 Å².